The van der Waals surface area contributed by atoms with Crippen LogP contribution in [0.4, 0.5) is 5.69 Å². The number of benzene rings is 2. The highest BCUT2D eigenvalue weighted by atomic mass is 32.2. The molecule has 0 bridgehead atoms. The molecule has 1 atom stereocenters. The number of anilines is 1. The SMILES string of the molecule is COc1ccc(C)cc1N1CC(C(=O)N2CCN(S(=O)(=O)c3cc(C)ccc3O)CC2)CC1=O. The van der Waals surface area contributed by atoms with Crippen molar-refractivity contribution in [2.24, 2.45) is 5.92 Å². The third-order valence-corrected chi connectivity index (χ3v) is 8.31. The van der Waals surface area contributed by atoms with Gasteiger partial charge in [-0.3, -0.25) is 9.59 Å². The summed E-state index contributed by atoms with van der Waals surface area (Å²) in [6.07, 6.45) is 0.103. The van der Waals surface area contributed by atoms with Gasteiger partial charge in [-0.25, -0.2) is 8.42 Å². The van der Waals surface area contributed by atoms with Crippen molar-refractivity contribution in [1.29, 1.82) is 0 Å². The fraction of sp³-hybridized carbons (Fsp3) is 0.417. The first-order valence-electron chi connectivity index (χ1n) is 11.2. The van der Waals surface area contributed by atoms with E-state index in [-0.39, 0.29) is 61.6 Å². The van der Waals surface area contributed by atoms with Crippen LogP contribution in [0.15, 0.2) is 41.3 Å². The second-order valence-corrected chi connectivity index (χ2v) is 10.7. The van der Waals surface area contributed by atoms with Crippen molar-refractivity contribution in [1.82, 2.24) is 9.21 Å². The van der Waals surface area contributed by atoms with Crippen LogP contribution in [0.2, 0.25) is 0 Å². The maximum atomic E-state index is 13.2. The third kappa shape index (κ3) is 4.47. The van der Waals surface area contributed by atoms with Gasteiger partial charge in [-0.05, 0) is 49.2 Å². The van der Waals surface area contributed by atoms with Crippen molar-refractivity contribution in [3.63, 3.8) is 0 Å². The highest BCUT2D eigenvalue weighted by molar-refractivity contribution is 7.89. The zero-order valence-corrected chi connectivity index (χ0v) is 20.3. The molecule has 2 aromatic rings. The van der Waals surface area contributed by atoms with E-state index >= 15 is 0 Å². The molecule has 182 valence electrons. The van der Waals surface area contributed by atoms with Gasteiger partial charge in [0.1, 0.15) is 16.4 Å². The molecule has 2 saturated heterocycles. The van der Waals surface area contributed by atoms with Crippen molar-refractivity contribution in [3.05, 3.63) is 47.5 Å². The van der Waals surface area contributed by atoms with E-state index in [0.29, 0.717) is 11.4 Å². The molecule has 0 aromatic heterocycles. The Labute approximate surface area is 199 Å². The number of carbonyl (C=O) groups is 2. The van der Waals surface area contributed by atoms with Crippen molar-refractivity contribution in [2.45, 2.75) is 25.2 Å². The van der Waals surface area contributed by atoms with E-state index in [1.807, 2.05) is 19.1 Å². The van der Waals surface area contributed by atoms with Crippen LogP contribution in [0.5, 0.6) is 11.5 Å². The van der Waals surface area contributed by atoms with Crippen molar-refractivity contribution in [3.8, 4) is 11.5 Å². The summed E-state index contributed by atoms with van der Waals surface area (Å²) in [5, 5.41) is 10.1. The summed E-state index contributed by atoms with van der Waals surface area (Å²) in [5.74, 6) is -0.511. The predicted molar refractivity (Wildman–Crippen MR) is 126 cm³/mol. The summed E-state index contributed by atoms with van der Waals surface area (Å²) in [5.41, 5.74) is 2.36. The minimum absolute atomic E-state index is 0.103. The Hall–Kier alpha value is -3.11. The number of sulfonamides is 1. The Morgan fingerprint density at radius 3 is 2.35 bits per heavy atom. The fourth-order valence-corrected chi connectivity index (χ4v) is 6.08. The molecule has 0 spiro atoms. The minimum Gasteiger partial charge on any atom is -0.507 e. The van der Waals surface area contributed by atoms with E-state index in [4.69, 9.17) is 4.74 Å². The summed E-state index contributed by atoms with van der Waals surface area (Å²) in [6.45, 7) is 4.64. The summed E-state index contributed by atoms with van der Waals surface area (Å²) in [4.78, 5) is 29.0. The number of phenolic OH excluding ortho intramolecular Hbond substituents is 1. The van der Waals surface area contributed by atoms with Crippen LogP contribution in [0, 0.1) is 19.8 Å². The molecular formula is C24H29N3O6S. The van der Waals surface area contributed by atoms with Crippen LogP contribution in [0.1, 0.15) is 17.5 Å². The lowest BCUT2D eigenvalue weighted by molar-refractivity contribution is -0.136. The van der Waals surface area contributed by atoms with Crippen LogP contribution in [0.25, 0.3) is 0 Å². The van der Waals surface area contributed by atoms with Gasteiger partial charge < -0.3 is 19.6 Å². The van der Waals surface area contributed by atoms with Gasteiger partial charge in [-0.15, -0.1) is 0 Å². The Morgan fingerprint density at radius 2 is 1.68 bits per heavy atom. The maximum Gasteiger partial charge on any atom is 0.246 e. The summed E-state index contributed by atoms with van der Waals surface area (Å²) in [6, 6.07) is 10.0. The second-order valence-electron chi connectivity index (χ2n) is 8.78. The Kier molecular flexibility index (Phi) is 6.55. The third-order valence-electron chi connectivity index (χ3n) is 6.38. The largest absolute Gasteiger partial charge is 0.507 e. The van der Waals surface area contributed by atoms with E-state index in [9.17, 15) is 23.1 Å². The fourth-order valence-electron chi connectivity index (χ4n) is 4.49. The number of ether oxygens (including phenoxy) is 1. The average molecular weight is 488 g/mol. The molecule has 2 aliphatic rings. The van der Waals surface area contributed by atoms with Gasteiger partial charge in [0.05, 0.1) is 18.7 Å². The molecule has 10 heteroatoms. The number of nitrogens with zero attached hydrogens (tertiary/aromatic N) is 3. The zero-order valence-electron chi connectivity index (χ0n) is 19.5. The molecule has 1 unspecified atom stereocenters. The molecule has 34 heavy (non-hydrogen) atoms. The topological polar surface area (TPSA) is 107 Å². The van der Waals surface area contributed by atoms with Crippen LogP contribution in [-0.4, -0.2) is 74.4 Å². The Bertz CT molecular complexity index is 1220. The highest BCUT2D eigenvalue weighted by Gasteiger charge is 2.40. The van der Waals surface area contributed by atoms with Gasteiger partial charge in [-0.2, -0.15) is 4.31 Å². The summed E-state index contributed by atoms with van der Waals surface area (Å²) >= 11 is 0. The first kappa shape index (κ1) is 24.0. The number of phenols is 1. The molecule has 0 aliphatic carbocycles. The molecule has 2 fully saturated rings. The maximum absolute atomic E-state index is 13.2. The molecule has 0 radical (unpaired) electrons. The van der Waals surface area contributed by atoms with Crippen LogP contribution >= 0.6 is 0 Å². The van der Waals surface area contributed by atoms with E-state index in [0.717, 1.165) is 11.1 Å². The van der Waals surface area contributed by atoms with Crippen molar-refractivity contribution in [2.75, 3.05) is 44.7 Å². The molecule has 2 aliphatic heterocycles. The second kappa shape index (κ2) is 9.27. The van der Waals surface area contributed by atoms with Gasteiger partial charge in [-0.1, -0.05) is 12.1 Å². The van der Waals surface area contributed by atoms with E-state index in [1.165, 1.54) is 16.4 Å². The van der Waals surface area contributed by atoms with Gasteiger partial charge >= 0.3 is 0 Å². The number of aryl methyl sites for hydroxylation is 2. The molecular weight excluding hydrogens is 458 g/mol. The van der Waals surface area contributed by atoms with E-state index in [1.54, 1.807) is 36.0 Å². The van der Waals surface area contributed by atoms with E-state index < -0.39 is 15.9 Å². The van der Waals surface area contributed by atoms with Crippen molar-refractivity contribution < 1.29 is 27.9 Å². The monoisotopic (exact) mass is 487 g/mol. The average Bonchev–Trinajstić information content (AvgIpc) is 3.21. The molecule has 2 aromatic carbocycles. The number of rotatable bonds is 5. The van der Waals surface area contributed by atoms with Crippen LogP contribution < -0.4 is 9.64 Å². The van der Waals surface area contributed by atoms with Crippen molar-refractivity contribution >= 4 is 27.5 Å². The zero-order chi connectivity index (χ0) is 24.6. The molecule has 4 rings (SSSR count). The molecule has 2 heterocycles. The molecule has 9 nitrogen and oxygen atoms in total. The van der Waals surface area contributed by atoms with Gasteiger partial charge in [0.25, 0.3) is 0 Å². The molecule has 1 N–H and O–H groups in total. The lowest BCUT2D eigenvalue weighted by atomic mass is 10.1. The van der Waals surface area contributed by atoms with Gasteiger partial charge in [0, 0.05) is 39.1 Å². The standard InChI is InChI=1S/C24H29N3O6S/c1-16-5-7-21(33-3)19(12-16)27-15-18(14-23(27)29)24(30)25-8-10-26(11-9-25)34(31,32)22-13-17(2)4-6-20(22)28/h4-7,12-13,18,28H,8-11,14-15H2,1-3H3. The van der Waals surface area contributed by atoms with Gasteiger partial charge in [0.15, 0.2) is 0 Å². The number of carbonyl (C=O) groups excluding carboxylic acids is 2. The highest BCUT2D eigenvalue weighted by Crippen LogP contribution is 2.35. The Balaban J connectivity index is 1.43. The lowest BCUT2D eigenvalue weighted by Gasteiger charge is -2.35. The summed E-state index contributed by atoms with van der Waals surface area (Å²) < 4.78 is 32.7. The van der Waals surface area contributed by atoms with Crippen LogP contribution in [-0.2, 0) is 19.6 Å². The first-order valence-corrected chi connectivity index (χ1v) is 12.6. The number of aromatic hydroxyl groups is 1. The number of hydrogen-bond donors (Lipinski definition) is 1. The molecule has 2 amide bonds. The lowest BCUT2D eigenvalue weighted by Crippen LogP contribution is -2.52. The molecule has 0 saturated carbocycles. The van der Waals surface area contributed by atoms with Gasteiger partial charge in [0.2, 0.25) is 21.8 Å². The normalized spacial score (nSPS) is 19.5. The first-order chi connectivity index (χ1) is 16.1. The number of piperazine rings is 1. The number of amides is 2. The summed E-state index contributed by atoms with van der Waals surface area (Å²) in [7, 11) is -2.34. The number of methoxy groups -OCH3 is 1. The minimum atomic E-state index is -3.88. The Morgan fingerprint density at radius 1 is 1.03 bits per heavy atom. The predicted octanol–water partition coefficient (Wildman–Crippen LogP) is 1.90. The quantitative estimate of drug-likeness (QED) is 0.690. The van der Waals surface area contributed by atoms with E-state index in [2.05, 4.69) is 0 Å². The number of hydrogen-bond acceptors (Lipinski definition) is 6. The smallest absolute Gasteiger partial charge is 0.246 e. The van der Waals surface area contributed by atoms with Crippen LogP contribution in [0.3, 0.4) is 0 Å².